The minimum atomic E-state index is 0.207. The predicted molar refractivity (Wildman–Crippen MR) is 41.2 cm³/mol. The molecule has 1 aromatic rings. The summed E-state index contributed by atoms with van der Waals surface area (Å²) in [5.41, 5.74) is 1.13. The minimum Gasteiger partial charge on any atom is -0.472 e. The van der Waals surface area contributed by atoms with E-state index < -0.39 is 0 Å². The highest BCUT2D eigenvalue weighted by Gasteiger charge is 2.12. The Hall–Kier alpha value is -1.02. The number of hydrogen-bond donors (Lipinski definition) is 0. The van der Waals surface area contributed by atoms with E-state index in [0.717, 1.165) is 18.6 Å². The quantitative estimate of drug-likeness (QED) is 0.573. The molecule has 0 amide bonds. The van der Waals surface area contributed by atoms with E-state index >= 15 is 0 Å². The predicted octanol–water partition coefficient (Wildman–Crippen LogP) is 2.30. The van der Waals surface area contributed by atoms with Crippen molar-refractivity contribution in [1.29, 1.82) is 0 Å². The van der Waals surface area contributed by atoms with Gasteiger partial charge in [-0.1, -0.05) is 12.2 Å². The van der Waals surface area contributed by atoms with Gasteiger partial charge in [0, 0.05) is 5.56 Å². The van der Waals surface area contributed by atoms with E-state index in [2.05, 4.69) is 6.08 Å². The SMILES string of the molecule is C1=CCC(c2ccoc2)OC1. The van der Waals surface area contributed by atoms with Crippen LogP contribution in [0.3, 0.4) is 0 Å². The van der Waals surface area contributed by atoms with Crippen molar-refractivity contribution in [3.05, 3.63) is 36.3 Å². The third kappa shape index (κ3) is 1.35. The molecule has 0 spiro atoms. The lowest BCUT2D eigenvalue weighted by molar-refractivity contribution is 0.0673. The second kappa shape index (κ2) is 2.93. The molecule has 2 nitrogen and oxygen atoms in total. The molecule has 1 atom stereocenters. The Bertz CT molecular complexity index is 236. The first kappa shape index (κ1) is 6.68. The van der Waals surface area contributed by atoms with E-state index in [9.17, 15) is 0 Å². The molecule has 0 saturated carbocycles. The monoisotopic (exact) mass is 150 g/mol. The molecule has 2 heterocycles. The zero-order chi connectivity index (χ0) is 7.52. The molecule has 58 valence electrons. The fourth-order valence-electron chi connectivity index (χ4n) is 1.22. The van der Waals surface area contributed by atoms with Crippen molar-refractivity contribution in [2.75, 3.05) is 6.61 Å². The van der Waals surface area contributed by atoms with Crippen LogP contribution >= 0.6 is 0 Å². The summed E-state index contributed by atoms with van der Waals surface area (Å²) in [6, 6.07) is 1.95. The molecule has 0 radical (unpaired) electrons. The van der Waals surface area contributed by atoms with E-state index in [1.807, 2.05) is 12.1 Å². The first-order valence-corrected chi connectivity index (χ1v) is 3.75. The summed E-state index contributed by atoms with van der Waals surface area (Å²) in [6.45, 7) is 0.718. The van der Waals surface area contributed by atoms with Gasteiger partial charge in [0.15, 0.2) is 0 Å². The maximum atomic E-state index is 5.48. The third-order valence-electron chi connectivity index (χ3n) is 1.83. The summed E-state index contributed by atoms with van der Waals surface area (Å²) >= 11 is 0. The maximum Gasteiger partial charge on any atom is 0.0960 e. The molecular weight excluding hydrogens is 140 g/mol. The van der Waals surface area contributed by atoms with Gasteiger partial charge in [0.1, 0.15) is 0 Å². The molecule has 0 N–H and O–H groups in total. The van der Waals surface area contributed by atoms with Gasteiger partial charge in [0.05, 0.1) is 25.2 Å². The number of hydrogen-bond acceptors (Lipinski definition) is 2. The van der Waals surface area contributed by atoms with Crippen LogP contribution in [0.4, 0.5) is 0 Å². The van der Waals surface area contributed by atoms with Gasteiger partial charge in [-0.05, 0) is 12.5 Å². The Balaban J connectivity index is 2.11. The summed E-state index contributed by atoms with van der Waals surface area (Å²) in [7, 11) is 0. The summed E-state index contributed by atoms with van der Waals surface area (Å²) in [4.78, 5) is 0. The summed E-state index contributed by atoms with van der Waals surface area (Å²) < 4.78 is 10.4. The summed E-state index contributed by atoms with van der Waals surface area (Å²) in [6.07, 6.45) is 8.76. The second-order valence-corrected chi connectivity index (χ2v) is 2.59. The average molecular weight is 150 g/mol. The van der Waals surface area contributed by atoms with Crippen LogP contribution in [0.2, 0.25) is 0 Å². The van der Waals surface area contributed by atoms with Crippen molar-refractivity contribution in [2.24, 2.45) is 0 Å². The van der Waals surface area contributed by atoms with Gasteiger partial charge in [0.25, 0.3) is 0 Å². The molecule has 1 unspecified atom stereocenters. The van der Waals surface area contributed by atoms with Crippen molar-refractivity contribution in [1.82, 2.24) is 0 Å². The van der Waals surface area contributed by atoms with Crippen LogP contribution in [0, 0.1) is 0 Å². The molecule has 0 bridgehead atoms. The highest BCUT2D eigenvalue weighted by molar-refractivity contribution is 5.12. The zero-order valence-corrected chi connectivity index (χ0v) is 6.19. The van der Waals surface area contributed by atoms with Gasteiger partial charge in [-0.15, -0.1) is 0 Å². The van der Waals surface area contributed by atoms with Crippen LogP contribution in [0.5, 0.6) is 0 Å². The van der Waals surface area contributed by atoms with Crippen molar-refractivity contribution >= 4 is 0 Å². The standard InChI is InChI=1S/C9H10O2/c1-2-5-11-9(3-1)8-4-6-10-7-8/h1-2,4,6-7,9H,3,5H2. The zero-order valence-electron chi connectivity index (χ0n) is 6.19. The van der Waals surface area contributed by atoms with E-state index in [1.54, 1.807) is 12.5 Å². The van der Waals surface area contributed by atoms with Crippen molar-refractivity contribution in [2.45, 2.75) is 12.5 Å². The molecule has 1 aromatic heterocycles. The largest absolute Gasteiger partial charge is 0.472 e. The van der Waals surface area contributed by atoms with Gasteiger partial charge >= 0.3 is 0 Å². The molecule has 2 rings (SSSR count). The number of rotatable bonds is 1. The van der Waals surface area contributed by atoms with Crippen molar-refractivity contribution in [3.8, 4) is 0 Å². The van der Waals surface area contributed by atoms with Gasteiger partial charge in [-0.25, -0.2) is 0 Å². The van der Waals surface area contributed by atoms with Gasteiger partial charge in [-0.2, -0.15) is 0 Å². The molecule has 2 heteroatoms. The first-order chi connectivity index (χ1) is 5.47. The lowest BCUT2D eigenvalue weighted by atomic mass is 10.1. The Morgan fingerprint density at radius 3 is 3.00 bits per heavy atom. The second-order valence-electron chi connectivity index (χ2n) is 2.59. The normalized spacial score (nSPS) is 23.8. The highest BCUT2D eigenvalue weighted by Crippen LogP contribution is 2.24. The Morgan fingerprint density at radius 1 is 1.36 bits per heavy atom. The number of ether oxygens (including phenoxy) is 1. The topological polar surface area (TPSA) is 22.4 Å². The number of furan rings is 1. The Labute approximate surface area is 65.5 Å². The highest BCUT2D eigenvalue weighted by atomic mass is 16.5. The molecule has 0 aromatic carbocycles. The molecular formula is C9H10O2. The van der Waals surface area contributed by atoms with E-state index in [0.29, 0.717) is 0 Å². The lowest BCUT2D eigenvalue weighted by Gasteiger charge is -2.16. The van der Waals surface area contributed by atoms with Crippen LogP contribution in [0.25, 0.3) is 0 Å². The van der Waals surface area contributed by atoms with Crippen LogP contribution in [0.15, 0.2) is 35.2 Å². The molecule has 0 aliphatic carbocycles. The van der Waals surface area contributed by atoms with Gasteiger partial charge in [-0.3, -0.25) is 0 Å². The van der Waals surface area contributed by atoms with Crippen LogP contribution in [0.1, 0.15) is 18.1 Å². The van der Waals surface area contributed by atoms with Crippen LogP contribution in [-0.4, -0.2) is 6.61 Å². The minimum absolute atomic E-state index is 0.207. The smallest absolute Gasteiger partial charge is 0.0960 e. The summed E-state index contributed by atoms with van der Waals surface area (Å²) in [5.74, 6) is 0. The van der Waals surface area contributed by atoms with Crippen molar-refractivity contribution < 1.29 is 9.15 Å². The fraction of sp³-hybridized carbons (Fsp3) is 0.333. The average Bonchev–Trinajstić information content (AvgIpc) is 2.58. The molecule has 1 aliphatic rings. The summed E-state index contributed by atoms with van der Waals surface area (Å²) in [5, 5.41) is 0. The van der Waals surface area contributed by atoms with Gasteiger partial charge in [0.2, 0.25) is 0 Å². The fourth-order valence-corrected chi connectivity index (χ4v) is 1.22. The van der Waals surface area contributed by atoms with Crippen LogP contribution in [-0.2, 0) is 4.74 Å². The molecule has 1 aliphatic heterocycles. The van der Waals surface area contributed by atoms with E-state index in [1.165, 1.54) is 0 Å². The Morgan fingerprint density at radius 2 is 2.36 bits per heavy atom. The van der Waals surface area contributed by atoms with E-state index in [-0.39, 0.29) is 6.10 Å². The third-order valence-corrected chi connectivity index (χ3v) is 1.83. The van der Waals surface area contributed by atoms with E-state index in [4.69, 9.17) is 9.15 Å². The first-order valence-electron chi connectivity index (χ1n) is 3.75. The molecule has 11 heavy (non-hydrogen) atoms. The van der Waals surface area contributed by atoms with Crippen molar-refractivity contribution in [3.63, 3.8) is 0 Å². The molecule has 0 fully saturated rings. The van der Waals surface area contributed by atoms with Crippen LogP contribution < -0.4 is 0 Å². The maximum absolute atomic E-state index is 5.48. The van der Waals surface area contributed by atoms with Gasteiger partial charge < -0.3 is 9.15 Å². The lowest BCUT2D eigenvalue weighted by Crippen LogP contribution is -2.06. The molecule has 0 saturated heterocycles. The Kier molecular flexibility index (Phi) is 1.78.